The summed E-state index contributed by atoms with van der Waals surface area (Å²) in [7, 11) is 0. The van der Waals surface area contributed by atoms with Crippen molar-refractivity contribution < 1.29 is 0 Å². The van der Waals surface area contributed by atoms with Crippen molar-refractivity contribution in [3.63, 3.8) is 0 Å². The molecule has 2 N–H and O–H groups in total. The molecule has 13 heavy (non-hydrogen) atoms. The molecule has 0 radical (unpaired) electrons. The largest absolute Gasteiger partial charge is 0.330 e. The van der Waals surface area contributed by atoms with Crippen LogP contribution >= 0.6 is 15.9 Å². The molecule has 1 fully saturated rings. The molecular formula is C11H14BrN. The van der Waals surface area contributed by atoms with Gasteiger partial charge in [0, 0.05) is 4.47 Å². The molecule has 1 aromatic carbocycles. The normalized spacial score (nSPS) is 26.9. The fourth-order valence-corrected chi connectivity index (χ4v) is 2.38. The summed E-state index contributed by atoms with van der Waals surface area (Å²) in [6.45, 7) is 0.852. The zero-order valence-corrected chi connectivity index (χ0v) is 9.13. The van der Waals surface area contributed by atoms with Gasteiger partial charge < -0.3 is 5.73 Å². The minimum atomic E-state index is 0.756. The van der Waals surface area contributed by atoms with E-state index in [2.05, 4.69) is 40.2 Å². The molecule has 1 aromatic rings. The maximum Gasteiger partial charge on any atom is 0.0178 e. The maximum absolute atomic E-state index is 5.59. The standard InChI is InChI=1S/C11H14BrN/c12-11-3-1-2-9(6-11)10-4-8(5-10)7-13/h1-3,6,8,10H,4-5,7,13H2. The van der Waals surface area contributed by atoms with Gasteiger partial charge in [-0.25, -0.2) is 0 Å². The molecule has 1 aliphatic carbocycles. The van der Waals surface area contributed by atoms with Crippen LogP contribution in [0.25, 0.3) is 0 Å². The van der Waals surface area contributed by atoms with Crippen molar-refractivity contribution in [2.45, 2.75) is 18.8 Å². The Kier molecular flexibility index (Phi) is 2.70. The molecule has 0 unspecified atom stereocenters. The van der Waals surface area contributed by atoms with Crippen LogP contribution in [0.15, 0.2) is 28.7 Å². The zero-order chi connectivity index (χ0) is 9.26. The third-order valence-corrected chi connectivity index (χ3v) is 3.38. The van der Waals surface area contributed by atoms with E-state index in [0.29, 0.717) is 0 Å². The van der Waals surface area contributed by atoms with Crippen molar-refractivity contribution >= 4 is 15.9 Å². The van der Waals surface area contributed by atoms with Crippen LogP contribution in [-0.2, 0) is 0 Å². The van der Waals surface area contributed by atoms with Gasteiger partial charge in [0.15, 0.2) is 0 Å². The second kappa shape index (κ2) is 3.81. The summed E-state index contributed by atoms with van der Waals surface area (Å²) in [4.78, 5) is 0. The predicted octanol–water partition coefficient (Wildman–Crippen LogP) is 2.90. The van der Waals surface area contributed by atoms with Gasteiger partial charge in [0.05, 0.1) is 0 Å². The molecule has 0 atom stereocenters. The first-order chi connectivity index (χ1) is 6.29. The van der Waals surface area contributed by atoms with Crippen LogP contribution in [0.1, 0.15) is 24.3 Å². The van der Waals surface area contributed by atoms with E-state index in [1.807, 2.05) is 0 Å². The van der Waals surface area contributed by atoms with Gasteiger partial charge in [-0.3, -0.25) is 0 Å². The molecule has 0 heterocycles. The van der Waals surface area contributed by atoms with Crippen LogP contribution in [0, 0.1) is 5.92 Å². The van der Waals surface area contributed by atoms with Gasteiger partial charge in [0.2, 0.25) is 0 Å². The molecule has 0 aromatic heterocycles. The third kappa shape index (κ3) is 1.94. The Morgan fingerprint density at radius 2 is 2.15 bits per heavy atom. The van der Waals surface area contributed by atoms with Crippen LogP contribution in [-0.4, -0.2) is 6.54 Å². The third-order valence-electron chi connectivity index (χ3n) is 2.89. The SMILES string of the molecule is NCC1CC(c2cccc(Br)c2)C1. The van der Waals surface area contributed by atoms with E-state index in [0.717, 1.165) is 18.4 Å². The lowest BCUT2D eigenvalue weighted by Crippen LogP contribution is -2.28. The molecule has 2 heteroatoms. The summed E-state index contributed by atoms with van der Waals surface area (Å²) in [5.74, 6) is 1.52. The molecule has 0 bridgehead atoms. The summed E-state index contributed by atoms with van der Waals surface area (Å²) in [6, 6.07) is 8.61. The van der Waals surface area contributed by atoms with Gasteiger partial charge in [-0.05, 0) is 48.9 Å². The number of rotatable bonds is 2. The van der Waals surface area contributed by atoms with Crippen molar-refractivity contribution in [3.8, 4) is 0 Å². The summed E-state index contributed by atoms with van der Waals surface area (Å²) >= 11 is 3.49. The van der Waals surface area contributed by atoms with Gasteiger partial charge in [0.1, 0.15) is 0 Å². The van der Waals surface area contributed by atoms with Crippen LogP contribution in [0.5, 0.6) is 0 Å². The molecule has 1 saturated carbocycles. The van der Waals surface area contributed by atoms with Crippen molar-refractivity contribution in [2.75, 3.05) is 6.54 Å². The summed E-state index contributed by atoms with van der Waals surface area (Å²) in [5.41, 5.74) is 7.05. The Hall–Kier alpha value is -0.340. The minimum absolute atomic E-state index is 0.756. The smallest absolute Gasteiger partial charge is 0.0178 e. The van der Waals surface area contributed by atoms with Gasteiger partial charge in [0.25, 0.3) is 0 Å². The maximum atomic E-state index is 5.59. The molecule has 2 rings (SSSR count). The average molecular weight is 240 g/mol. The first-order valence-corrected chi connectivity index (χ1v) is 5.54. The number of hydrogen-bond donors (Lipinski definition) is 1. The molecule has 0 aliphatic heterocycles. The van der Waals surface area contributed by atoms with E-state index in [1.165, 1.54) is 22.9 Å². The van der Waals surface area contributed by atoms with E-state index in [9.17, 15) is 0 Å². The molecular weight excluding hydrogens is 226 g/mol. The fraction of sp³-hybridized carbons (Fsp3) is 0.455. The molecule has 0 spiro atoms. The van der Waals surface area contributed by atoms with Crippen LogP contribution in [0.2, 0.25) is 0 Å². The molecule has 70 valence electrons. The summed E-state index contributed by atoms with van der Waals surface area (Å²) in [5, 5.41) is 0. The lowest BCUT2D eigenvalue weighted by atomic mass is 9.71. The van der Waals surface area contributed by atoms with Crippen LogP contribution < -0.4 is 5.73 Å². The summed E-state index contributed by atoms with van der Waals surface area (Å²) < 4.78 is 1.18. The van der Waals surface area contributed by atoms with Crippen LogP contribution in [0.4, 0.5) is 0 Å². The molecule has 0 saturated heterocycles. The highest BCUT2D eigenvalue weighted by molar-refractivity contribution is 9.10. The Morgan fingerprint density at radius 1 is 1.38 bits per heavy atom. The van der Waals surface area contributed by atoms with E-state index in [-0.39, 0.29) is 0 Å². The summed E-state index contributed by atoms with van der Waals surface area (Å²) in [6.07, 6.45) is 2.54. The number of benzene rings is 1. The highest BCUT2D eigenvalue weighted by atomic mass is 79.9. The lowest BCUT2D eigenvalue weighted by molar-refractivity contribution is 0.272. The van der Waals surface area contributed by atoms with E-state index < -0.39 is 0 Å². The number of hydrogen-bond acceptors (Lipinski definition) is 1. The first kappa shape index (κ1) is 9.22. The second-order valence-corrected chi connectivity index (χ2v) is 4.74. The van der Waals surface area contributed by atoms with E-state index in [1.54, 1.807) is 0 Å². The van der Waals surface area contributed by atoms with Gasteiger partial charge in [-0.1, -0.05) is 28.1 Å². The highest BCUT2D eigenvalue weighted by Gasteiger charge is 2.28. The van der Waals surface area contributed by atoms with Crippen molar-refractivity contribution in [3.05, 3.63) is 34.3 Å². The fourth-order valence-electron chi connectivity index (χ4n) is 1.96. The van der Waals surface area contributed by atoms with Gasteiger partial charge in [-0.2, -0.15) is 0 Å². The van der Waals surface area contributed by atoms with Crippen molar-refractivity contribution in [2.24, 2.45) is 11.7 Å². The number of halogens is 1. The van der Waals surface area contributed by atoms with E-state index in [4.69, 9.17) is 5.73 Å². The zero-order valence-electron chi connectivity index (χ0n) is 7.54. The second-order valence-electron chi connectivity index (χ2n) is 3.83. The lowest BCUT2D eigenvalue weighted by Gasteiger charge is -2.34. The Balaban J connectivity index is 2.03. The Bertz CT molecular complexity index is 292. The predicted molar refractivity (Wildman–Crippen MR) is 58.7 cm³/mol. The van der Waals surface area contributed by atoms with Crippen molar-refractivity contribution in [1.29, 1.82) is 0 Å². The van der Waals surface area contributed by atoms with Gasteiger partial charge in [-0.15, -0.1) is 0 Å². The Morgan fingerprint density at radius 3 is 2.77 bits per heavy atom. The molecule has 1 nitrogen and oxygen atoms in total. The first-order valence-electron chi connectivity index (χ1n) is 4.75. The topological polar surface area (TPSA) is 26.0 Å². The van der Waals surface area contributed by atoms with Crippen LogP contribution in [0.3, 0.4) is 0 Å². The minimum Gasteiger partial charge on any atom is -0.330 e. The van der Waals surface area contributed by atoms with Crippen molar-refractivity contribution in [1.82, 2.24) is 0 Å². The monoisotopic (exact) mass is 239 g/mol. The average Bonchev–Trinajstić information content (AvgIpc) is 2.02. The highest BCUT2D eigenvalue weighted by Crippen LogP contribution is 2.41. The Labute approximate surface area is 87.5 Å². The molecule has 1 aliphatic rings. The molecule has 0 amide bonds. The van der Waals surface area contributed by atoms with Gasteiger partial charge >= 0.3 is 0 Å². The van der Waals surface area contributed by atoms with E-state index >= 15 is 0 Å². The number of nitrogens with two attached hydrogens (primary N) is 1. The quantitative estimate of drug-likeness (QED) is 0.845.